The summed E-state index contributed by atoms with van der Waals surface area (Å²) < 4.78 is 5.45. The van der Waals surface area contributed by atoms with E-state index >= 15 is 0 Å². The Morgan fingerprint density at radius 3 is 3.21 bits per heavy atom. The van der Waals surface area contributed by atoms with Crippen molar-refractivity contribution in [2.24, 2.45) is 5.73 Å². The van der Waals surface area contributed by atoms with Gasteiger partial charge in [-0.25, -0.2) is 0 Å². The van der Waals surface area contributed by atoms with Gasteiger partial charge < -0.3 is 10.5 Å². The maximum atomic E-state index is 5.95. The predicted octanol–water partition coefficient (Wildman–Crippen LogP) is 1.64. The molecule has 2 heteroatoms. The molecule has 1 aliphatic rings. The van der Waals surface area contributed by atoms with Gasteiger partial charge in [0.2, 0.25) is 0 Å². The number of rotatable bonds is 2. The van der Waals surface area contributed by atoms with Crippen molar-refractivity contribution < 1.29 is 4.74 Å². The molecule has 1 aromatic rings. The fourth-order valence-electron chi connectivity index (χ4n) is 1.91. The second kappa shape index (κ2) is 3.73. The smallest absolute Gasteiger partial charge is 0.148 e. The van der Waals surface area contributed by atoms with E-state index in [9.17, 15) is 0 Å². The molecule has 0 spiro atoms. The standard InChI is InChI=1S/C12H13NO/c1-2-8-14-12-5-3-4-9-10(12)6-7-11(9)13/h1,3-5,11H,6-8,13H2. The molecule has 0 aliphatic heterocycles. The van der Waals surface area contributed by atoms with E-state index in [1.54, 1.807) is 0 Å². The van der Waals surface area contributed by atoms with Crippen LogP contribution in [-0.2, 0) is 6.42 Å². The lowest BCUT2D eigenvalue weighted by Crippen LogP contribution is -2.05. The molecule has 0 aromatic heterocycles. The third kappa shape index (κ3) is 1.47. The van der Waals surface area contributed by atoms with Gasteiger partial charge in [-0.3, -0.25) is 0 Å². The van der Waals surface area contributed by atoms with Crippen molar-refractivity contribution in [2.75, 3.05) is 6.61 Å². The molecule has 2 rings (SSSR count). The van der Waals surface area contributed by atoms with E-state index in [1.165, 1.54) is 11.1 Å². The molecule has 0 fully saturated rings. The molecular formula is C12H13NO. The SMILES string of the molecule is C#CCOc1cccc2c1CCC2N. The van der Waals surface area contributed by atoms with E-state index in [4.69, 9.17) is 16.9 Å². The minimum Gasteiger partial charge on any atom is -0.481 e. The van der Waals surface area contributed by atoms with Gasteiger partial charge in [0.15, 0.2) is 0 Å². The highest BCUT2D eigenvalue weighted by molar-refractivity contribution is 5.45. The van der Waals surface area contributed by atoms with Crippen molar-refractivity contribution in [1.82, 2.24) is 0 Å². The fourth-order valence-corrected chi connectivity index (χ4v) is 1.91. The topological polar surface area (TPSA) is 35.2 Å². The van der Waals surface area contributed by atoms with Crippen LogP contribution in [0.4, 0.5) is 0 Å². The molecule has 0 saturated heterocycles. The summed E-state index contributed by atoms with van der Waals surface area (Å²) in [5.41, 5.74) is 8.39. The molecule has 2 nitrogen and oxygen atoms in total. The zero-order valence-electron chi connectivity index (χ0n) is 7.99. The Bertz CT molecular complexity index is 378. The van der Waals surface area contributed by atoms with Crippen LogP contribution in [0.25, 0.3) is 0 Å². The Balaban J connectivity index is 2.30. The Morgan fingerprint density at radius 2 is 2.43 bits per heavy atom. The third-order valence-corrected chi connectivity index (χ3v) is 2.59. The van der Waals surface area contributed by atoms with Crippen LogP contribution in [0.15, 0.2) is 18.2 Å². The lowest BCUT2D eigenvalue weighted by Gasteiger charge is -2.09. The lowest BCUT2D eigenvalue weighted by atomic mass is 10.1. The summed E-state index contributed by atoms with van der Waals surface area (Å²) in [6.45, 7) is 0.325. The molecule has 1 aromatic carbocycles. The van der Waals surface area contributed by atoms with Crippen LogP contribution in [0.1, 0.15) is 23.6 Å². The van der Waals surface area contributed by atoms with Crippen molar-refractivity contribution in [3.05, 3.63) is 29.3 Å². The van der Waals surface area contributed by atoms with Gasteiger partial charge in [0, 0.05) is 6.04 Å². The highest BCUT2D eigenvalue weighted by Crippen LogP contribution is 2.35. The molecular weight excluding hydrogens is 174 g/mol. The van der Waals surface area contributed by atoms with Gasteiger partial charge in [0.05, 0.1) is 0 Å². The van der Waals surface area contributed by atoms with Crippen molar-refractivity contribution in [3.63, 3.8) is 0 Å². The molecule has 0 saturated carbocycles. The summed E-state index contributed by atoms with van der Waals surface area (Å²) in [4.78, 5) is 0. The van der Waals surface area contributed by atoms with E-state index in [0.717, 1.165) is 18.6 Å². The zero-order valence-corrected chi connectivity index (χ0v) is 7.99. The summed E-state index contributed by atoms with van der Waals surface area (Å²) in [6.07, 6.45) is 7.15. The number of benzene rings is 1. The summed E-state index contributed by atoms with van der Waals surface area (Å²) in [6, 6.07) is 6.15. The summed E-state index contributed by atoms with van der Waals surface area (Å²) >= 11 is 0. The van der Waals surface area contributed by atoms with Gasteiger partial charge in [-0.2, -0.15) is 0 Å². The van der Waals surface area contributed by atoms with Gasteiger partial charge in [0.1, 0.15) is 12.4 Å². The van der Waals surface area contributed by atoms with Crippen LogP contribution in [0.5, 0.6) is 5.75 Å². The highest BCUT2D eigenvalue weighted by Gasteiger charge is 2.21. The summed E-state index contributed by atoms with van der Waals surface area (Å²) in [5.74, 6) is 3.36. The summed E-state index contributed by atoms with van der Waals surface area (Å²) in [7, 11) is 0. The van der Waals surface area contributed by atoms with Crippen LogP contribution >= 0.6 is 0 Å². The van der Waals surface area contributed by atoms with Crippen molar-refractivity contribution in [2.45, 2.75) is 18.9 Å². The van der Waals surface area contributed by atoms with Crippen molar-refractivity contribution in [3.8, 4) is 18.1 Å². The predicted molar refractivity (Wildman–Crippen MR) is 56.0 cm³/mol. The molecule has 2 N–H and O–H groups in total. The number of hydrogen-bond acceptors (Lipinski definition) is 2. The average Bonchev–Trinajstić information content (AvgIpc) is 2.58. The molecule has 72 valence electrons. The largest absolute Gasteiger partial charge is 0.481 e. The number of hydrogen-bond donors (Lipinski definition) is 1. The minimum absolute atomic E-state index is 0.166. The molecule has 1 unspecified atom stereocenters. The molecule has 0 radical (unpaired) electrons. The first-order valence-electron chi connectivity index (χ1n) is 4.76. The van der Waals surface area contributed by atoms with Gasteiger partial charge in [0.25, 0.3) is 0 Å². The van der Waals surface area contributed by atoms with Crippen LogP contribution in [-0.4, -0.2) is 6.61 Å². The lowest BCUT2D eigenvalue weighted by molar-refractivity contribution is 0.366. The maximum Gasteiger partial charge on any atom is 0.148 e. The maximum absolute atomic E-state index is 5.95. The average molecular weight is 187 g/mol. The van der Waals surface area contributed by atoms with Crippen molar-refractivity contribution >= 4 is 0 Å². The van der Waals surface area contributed by atoms with Crippen LogP contribution < -0.4 is 10.5 Å². The van der Waals surface area contributed by atoms with E-state index < -0.39 is 0 Å². The summed E-state index contributed by atoms with van der Waals surface area (Å²) in [5, 5.41) is 0. The van der Waals surface area contributed by atoms with Crippen LogP contribution in [0.3, 0.4) is 0 Å². The quantitative estimate of drug-likeness (QED) is 0.714. The number of fused-ring (bicyclic) bond motifs is 1. The first-order valence-corrected chi connectivity index (χ1v) is 4.76. The van der Waals surface area contributed by atoms with Gasteiger partial charge in [-0.15, -0.1) is 6.42 Å². The number of terminal acetylenes is 1. The molecule has 0 amide bonds. The first-order chi connectivity index (χ1) is 6.83. The van der Waals surface area contributed by atoms with Crippen molar-refractivity contribution in [1.29, 1.82) is 0 Å². The van der Waals surface area contributed by atoms with Gasteiger partial charge >= 0.3 is 0 Å². The second-order valence-corrected chi connectivity index (χ2v) is 3.46. The molecule has 14 heavy (non-hydrogen) atoms. The molecule has 0 heterocycles. The van der Waals surface area contributed by atoms with Crippen LogP contribution in [0, 0.1) is 12.3 Å². The number of nitrogens with two attached hydrogens (primary N) is 1. The van der Waals surface area contributed by atoms with E-state index in [0.29, 0.717) is 6.61 Å². The Labute approximate surface area is 84.1 Å². The van der Waals surface area contributed by atoms with E-state index in [1.807, 2.05) is 12.1 Å². The normalized spacial score (nSPS) is 18.7. The van der Waals surface area contributed by atoms with Gasteiger partial charge in [-0.1, -0.05) is 18.1 Å². The Morgan fingerprint density at radius 1 is 1.57 bits per heavy atom. The van der Waals surface area contributed by atoms with Gasteiger partial charge in [-0.05, 0) is 30.0 Å². The second-order valence-electron chi connectivity index (χ2n) is 3.46. The van der Waals surface area contributed by atoms with E-state index in [-0.39, 0.29) is 6.04 Å². The molecule has 1 aliphatic carbocycles. The van der Waals surface area contributed by atoms with Crippen LogP contribution in [0.2, 0.25) is 0 Å². The Hall–Kier alpha value is -1.46. The fraction of sp³-hybridized carbons (Fsp3) is 0.333. The molecule has 0 bridgehead atoms. The zero-order chi connectivity index (χ0) is 9.97. The monoisotopic (exact) mass is 187 g/mol. The minimum atomic E-state index is 0.166. The first kappa shape index (κ1) is 9.11. The number of ether oxygens (including phenoxy) is 1. The third-order valence-electron chi connectivity index (χ3n) is 2.59. The molecule has 1 atom stereocenters. The van der Waals surface area contributed by atoms with E-state index in [2.05, 4.69) is 12.0 Å². The highest BCUT2D eigenvalue weighted by atomic mass is 16.5. The Kier molecular flexibility index (Phi) is 2.43.